The van der Waals surface area contributed by atoms with Gasteiger partial charge in [-0.25, -0.2) is 8.42 Å². The zero-order chi connectivity index (χ0) is 25.4. The predicted octanol–water partition coefficient (Wildman–Crippen LogP) is 3.04. The van der Waals surface area contributed by atoms with Crippen molar-refractivity contribution in [2.75, 3.05) is 18.4 Å². The lowest BCUT2D eigenvalue weighted by molar-refractivity contribution is 0.0847. The van der Waals surface area contributed by atoms with E-state index in [0.717, 1.165) is 0 Å². The minimum absolute atomic E-state index is 0.0193. The second-order valence-electron chi connectivity index (χ2n) is 7.39. The third-order valence-corrected chi connectivity index (χ3v) is 7.23. The van der Waals surface area contributed by atoms with Gasteiger partial charge in [-0.1, -0.05) is 50.2 Å². The van der Waals surface area contributed by atoms with Gasteiger partial charge < -0.3 is 5.32 Å². The second-order valence-corrected chi connectivity index (χ2v) is 9.33. The molecule has 0 aliphatic carbocycles. The molecule has 0 unspecified atom stereocenters. The van der Waals surface area contributed by atoms with Crippen molar-refractivity contribution in [3.05, 3.63) is 95.6 Å². The van der Waals surface area contributed by atoms with E-state index in [-0.39, 0.29) is 27.6 Å². The minimum atomic E-state index is -3.75. The molecule has 3 aromatic carbocycles. The van der Waals surface area contributed by atoms with Gasteiger partial charge in [-0.15, -0.1) is 0 Å². The first-order valence-electron chi connectivity index (χ1n) is 10.9. The largest absolute Gasteiger partial charge is 0.321 e. The number of carbonyl (C=O) groups excluding carboxylic acids is 3. The summed E-state index contributed by atoms with van der Waals surface area (Å²) >= 11 is 0. The van der Waals surface area contributed by atoms with Crippen LogP contribution in [0, 0.1) is 0 Å². The molecule has 0 aromatic heterocycles. The van der Waals surface area contributed by atoms with E-state index in [9.17, 15) is 22.8 Å². The van der Waals surface area contributed by atoms with Crippen LogP contribution in [0.4, 0.5) is 5.69 Å². The van der Waals surface area contributed by atoms with Crippen molar-refractivity contribution in [1.82, 2.24) is 15.2 Å². The van der Waals surface area contributed by atoms with Crippen molar-refractivity contribution in [2.24, 2.45) is 0 Å². The topological polar surface area (TPSA) is 125 Å². The number of nitrogens with one attached hydrogen (secondary N) is 3. The summed E-state index contributed by atoms with van der Waals surface area (Å²) in [4.78, 5) is 37.8. The third-order valence-electron chi connectivity index (χ3n) is 5.18. The molecule has 3 rings (SSSR count). The minimum Gasteiger partial charge on any atom is -0.321 e. The Morgan fingerprint density at radius 2 is 1.31 bits per heavy atom. The summed E-state index contributed by atoms with van der Waals surface area (Å²) in [5.41, 5.74) is 5.47. The lowest BCUT2D eigenvalue weighted by Gasteiger charge is -2.18. The maximum absolute atomic E-state index is 12.7. The predicted molar refractivity (Wildman–Crippen MR) is 132 cm³/mol. The lowest BCUT2D eigenvalue weighted by atomic mass is 10.1. The Bertz CT molecular complexity index is 1320. The molecule has 3 N–H and O–H groups in total. The zero-order valence-electron chi connectivity index (χ0n) is 19.3. The highest BCUT2D eigenvalue weighted by atomic mass is 32.2. The Balaban J connectivity index is 1.71. The van der Waals surface area contributed by atoms with Gasteiger partial charge in [0.25, 0.3) is 17.7 Å². The van der Waals surface area contributed by atoms with Crippen molar-refractivity contribution >= 4 is 33.4 Å². The van der Waals surface area contributed by atoms with Crippen LogP contribution in [0.2, 0.25) is 0 Å². The smallest absolute Gasteiger partial charge is 0.271 e. The third kappa shape index (κ3) is 6.11. The highest BCUT2D eigenvalue weighted by Gasteiger charge is 2.23. The van der Waals surface area contributed by atoms with E-state index in [1.165, 1.54) is 34.6 Å². The number of rotatable bonds is 8. The van der Waals surface area contributed by atoms with E-state index in [1.54, 1.807) is 62.4 Å². The average Bonchev–Trinajstić information content (AvgIpc) is 2.88. The van der Waals surface area contributed by atoms with Crippen LogP contribution >= 0.6 is 0 Å². The van der Waals surface area contributed by atoms with Crippen molar-refractivity contribution in [2.45, 2.75) is 18.7 Å². The Labute approximate surface area is 204 Å². The molecular weight excluding hydrogens is 468 g/mol. The number of benzene rings is 3. The molecule has 0 bridgehead atoms. The number of hydrogen-bond donors (Lipinski definition) is 3. The van der Waals surface area contributed by atoms with Crippen molar-refractivity contribution in [3.63, 3.8) is 0 Å². The van der Waals surface area contributed by atoms with Gasteiger partial charge in [0.05, 0.1) is 16.1 Å². The van der Waals surface area contributed by atoms with E-state index in [4.69, 9.17) is 0 Å². The molecule has 9 nitrogen and oxygen atoms in total. The number of sulfonamides is 1. The van der Waals surface area contributed by atoms with E-state index in [1.807, 2.05) is 0 Å². The maximum Gasteiger partial charge on any atom is 0.271 e. The highest BCUT2D eigenvalue weighted by molar-refractivity contribution is 7.89. The first-order valence-corrected chi connectivity index (χ1v) is 12.4. The molecule has 0 saturated heterocycles. The number of carbonyl (C=O) groups is 3. The summed E-state index contributed by atoms with van der Waals surface area (Å²) in [5, 5.41) is 2.69. The van der Waals surface area contributed by atoms with E-state index in [2.05, 4.69) is 16.2 Å². The van der Waals surface area contributed by atoms with E-state index in [0.29, 0.717) is 18.7 Å². The Kier molecular flexibility index (Phi) is 8.34. The molecule has 0 radical (unpaired) electrons. The second kappa shape index (κ2) is 11.4. The summed E-state index contributed by atoms with van der Waals surface area (Å²) in [7, 11) is -3.75. The molecule has 0 heterocycles. The molecule has 182 valence electrons. The molecular formula is C25H26N4O5S. The monoisotopic (exact) mass is 494 g/mol. The fourth-order valence-electron chi connectivity index (χ4n) is 3.34. The van der Waals surface area contributed by atoms with Crippen LogP contribution in [0.15, 0.2) is 83.8 Å². The van der Waals surface area contributed by atoms with Crippen LogP contribution in [0.5, 0.6) is 0 Å². The zero-order valence-corrected chi connectivity index (χ0v) is 20.1. The summed E-state index contributed by atoms with van der Waals surface area (Å²) in [6.07, 6.45) is 0. The molecule has 0 aliphatic heterocycles. The fourth-order valence-corrected chi connectivity index (χ4v) is 4.84. The number of hydrazine groups is 1. The fraction of sp³-hybridized carbons (Fsp3) is 0.160. The van der Waals surface area contributed by atoms with Crippen LogP contribution in [0.3, 0.4) is 0 Å². The SMILES string of the molecule is CCN(CC)S(=O)(=O)c1cccc(C(=O)NNC(=O)c2ccccc2NC(=O)c2ccccc2)c1. The first-order chi connectivity index (χ1) is 16.8. The van der Waals surface area contributed by atoms with Gasteiger partial charge in [-0.05, 0) is 42.5 Å². The van der Waals surface area contributed by atoms with E-state index >= 15 is 0 Å². The molecule has 10 heteroatoms. The molecule has 3 amide bonds. The number of amides is 3. The first kappa shape index (κ1) is 25.6. The van der Waals surface area contributed by atoms with Gasteiger partial charge in [0.2, 0.25) is 10.0 Å². The van der Waals surface area contributed by atoms with Crippen molar-refractivity contribution < 1.29 is 22.8 Å². The summed E-state index contributed by atoms with van der Waals surface area (Å²) in [6.45, 7) is 4.05. The van der Waals surface area contributed by atoms with E-state index < -0.39 is 21.8 Å². The molecule has 0 spiro atoms. The van der Waals surface area contributed by atoms with Crippen LogP contribution < -0.4 is 16.2 Å². The Morgan fingerprint density at radius 3 is 2.00 bits per heavy atom. The molecule has 0 aliphatic rings. The lowest BCUT2D eigenvalue weighted by Crippen LogP contribution is -2.42. The summed E-state index contributed by atoms with van der Waals surface area (Å²) < 4.78 is 26.8. The number of para-hydroxylation sites is 1. The number of anilines is 1. The van der Waals surface area contributed by atoms with Gasteiger partial charge >= 0.3 is 0 Å². The van der Waals surface area contributed by atoms with Gasteiger partial charge in [-0.2, -0.15) is 4.31 Å². The highest BCUT2D eigenvalue weighted by Crippen LogP contribution is 2.18. The van der Waals surface area contributed by atoms with Crippen LogP contribution in [-0.4, -0.2) is 43.5 Å². The Hall–Kier alpha value is -4.02. The number of hydrogen-bond acceptors (Lipinski definition) is 5. The van der Waals surface area contributed by atoms with Crippen LogP contribution in [0.25, 0.3) is 0 Å². The van der Waals surface area contributed by atoms with Crippen molar-refractivity contribution in [3.8, 4) is 0 Å². The number of nitrogens with zero attached hydrogens (tertiary/aromatic N) is 1. The van der Waals surface area contributed by atoms with Gasteiger partial charge in [-0.3, -0.25) is 25.2 Å². The summed E-state index contributed by atoms with van der Waals surface area (Å²) in [6, 6.07) is 20.5. The standard InChI is InChI=1S/C25H26N4O5S/c1-3-29(4-2)35(33,34)20-14-10-13-19(17-20)24(31)27-28-25(32)21-15-8-9-16-22(21)26-23(30)18-11-6-5-7-12-18/h5-17H,3-4H2,1-2H3,(H,26,30)(H,27,31)(H,28,32). The van der Waals surface area contributed by atoms with Gasteiger partial charge in [0, 0.05) is 24.2 Å². The molecule has 0 saturated carbocycles. The average molecular weight is 495 g/mol. The Morgan fingerprint density at radius 1 is 0.714 bits per heavy atom. The molecule has 0 fully saturated rings. The maximum atomic E-state index is 12.7. The van der Waals surface area contributed by atoms with Crippen LogP contribution in [-0.2, 0) is 10.0 Å². The molecule has 35 heavy (non-hydrogen) atoms. The van der Waals surface area contributed by atoms with Crippen LogP contribution in [0.1, 0.15) is 44.9 Å². The van der Waals surface area contributed by atoms with Gasteiger partial charge in [0.15, 0.2) is 0 Å². The normalized spacial score (nSPS) is 11.1. The molecule has 0 atom stereocenters. The quantitative estimate of drug-likeness (QED) is 0.415. The molecule has 3 aromatic rings. The summed E-state index contributed by atoms with van der Waals surface area (Å²) in [5.74, 6) is -1.74. The van der Waals surface area contributed by atoms with Gasteiger partial charge in [0.1, 0.15) is 0 Å². The van der Waals surface area contributed by atoms with Crippen molar-refractivity contribution in [1.29, 1.82) is 0 Å².